The Kier molecular flexibility index (Phi) is 2.53. The van der Waals surface area contributed by atoms with Crippen LogP contribution in [0, 0.1) is 0 Å². The first kappa shape index (κ1) is 10.3. The fourth-order valence-corrected chi connectivity index (χ4v) is 1.97. The molecule has 14 heavy (non-hydrogen) atoms. The zero-order valence-corrected chi connectivity index (χ0v) is 8.60. The van der Waals surface area contributed by atoms with E-state index in [2.05, 4.69) is 0 Å². The normalized spacial score (nSPS) is 46.3. The van der Waals surface area contributed by atoms with E-state index in [-0.39, 0.29) is 12.2 Å². The third-order valence-electron chi connectivity index (χ3n) is 2.53. The Labute approximate surface area is 82.9 Å². The number of hydrogen-bond donors (Lipinski definition) is 1. The molecule has 82 valence electrons. The first-order chi connectivity index (χ1) is 6.53. The largest absolute Gasteiger partial charge is 0.373 e. The summed E-state index contributed by atoms with van der Waals surface area (Å²) in [5.74, 6) is -0.625. The summed E-state index contributed by atoms with van der Waals surface area (Å²) in [5, 5.41) is 9.50. The van der Waals surface area contributed by atoms with Gasteiger partial charge in [-0.05, 0) is 13.8 Å². The summed E-state index contributed by atoms with van der Waals surface area (Å²) >= 11 is 0. The Morgan fingerprint density at radius 3 is 2.71 bits per heavy atom. The summed E-state index contributed by atoms with van der Waals surface area (Å²) in [6, 6.07) is 0. The summed E-state index contributed by atoms with van der Waals surface area (Å²) in [5.41, 5.74) is 0. The monoisotopic (exact) mass is 204 g/mol. The van der Waals surface area contributed by atoms with Crippen molar-refractivity contribution in [1.29, 1.82) is 0 Å². The molecular weight excluding hydrogens is 188 g/mol. The van der Waals surface area contributed by atoms with Crippen molar-refractivity contribution in [3.8, 4) is 0 Å². The molecule has 0 saturated carbocycles. The van der Waals surface area contributed by atoms with Gasteiger partial charge in [0.1, 0.15) is 18.3 Å². The van der Waals surface area contributed by atoms with Gasteiger partial charge in [-0.2, -0.15) is 0 Å². The fraction of sp³-hybridized carbons (Fsp3) is 1.00. The lowest BCUT2D eigenvalue weighted by Crippen LogP contribution is -2.52. The molecule has 2 heterocycles. The molecule has 0 aromatic rings. The lowest BCUT2D eigenvalue weighted by Gasteiger charge is -2.33. The summed E-state index contributed by atoms with van der Waals surface area (Å²) in [7, 11) is 1.52. The van der Waals surface area contributed by atoms with E-state index >= 15 is 0 Å². The molecule has 0 aromatic carbocycles. The van der Waals surface area contributed by atoms with E-state index < -0.39 is 18.2 Å². The summed E-state index contributed by atoms with van der Waals surface area (Å²) in [6.07, 6.45) is -1.81. The van der Waals surface area contributed by atoms with Crippen molar-refractivity contribution in [2.24, 2.45) is 0 Å². The van der Waals surface area contributed by atoms with Crippen LogP contribution < -0.4 is 0 Å². The van der Waals surface area contributed by atoms with Gasteiger partial charge in [0.25, 0.3) is 0 Å². The molecule has 2 aliphatic rings. The summed E-state index contributed by atoms with van der Waals surface area (Å²) in [4.78, 5) is 0. The number of fused-ring (bicyclic) bond motifs is 1. The molecule has 1 unspecified atom stereocenters. The minimum absolute atomic E-state index is 0.154. The van der Waals surface area contributed by atoms with Crippen LogP contribution in [0.2, 0.25) is 0 Å². The molecular formula is C9H16O5. The highest BCUT2D eigenvalue weighted by molar-refractivity contribution is 4.91. The van der Waals surface area contributed by atoms with Crippen molar-refractivity contribution in [2.45, 2.75) is 44.2 Å². The molecule has 1 N–H and O–H groups in total. The molecule has 2 aliphatic heterocycles. The molecule has 0 radical (unpaired) electrons. The van der Waals surface area contributed by atoms with Crippen LogP contribution in [0.15, 0.2) is 0 Å². The van der Waals surface area contributed by atoms with E-state index in [9.17, 15) is 5.11 Å². The number of hydrogen-bond acceptors (Lipinski definition) is 5. The van der Waals surface area contributed by atoms with Crippen LogP contribution in [0.3, 0.4) is 0 Å². The second kappa shape index (κ2) is 3.43. The Balaban J connectivity index is 2.12. The third kappa shape index (κ3) is 1.66. The fourth-order valence-electron chi connectivity index (χ4n) is 1.97. The van der Waals surface area contributed by atoms with Crippen LogP contribution in [-0.2, 0) is 18.9 Å². The zero-order chi connectivity index (χ0) is 10.3. The molecule has 0 bridgehead atoms. The SMILES string of the molecule is CO[C@H]1C(O)OC[C@@H]2OC(C)(C)O[C@@H]21. The van der Waals surface area contributed by atoms with Gasteiger partial charge in [-0.15, -0.1) is 0 Å². The van der Waals surface area contributed by atoms with E-state index in [4.69, 9.17) is 18.9 Å². The number of aliphatic hydroxyl groups is 1. The van der Waals surface area contributed by atoms with E-state index in [0.29, 0.717) is 6.61 Å². The van der Waals surface area contributed by atoms with Gasteiger partial charge in [0.05, 0.1) is 6.61 Å². The topological polar surface area (TPSA) is 57.2 Å². The van der Waals surface area contributed by atoms with Crippen LogP contribution in [0.5, 0.6) is 0 Å². The number of ether oxygens (including phenoxy) is 4. The van der Waals surface area contributed by atoms with Crippen LogP contribution in [0.1, 0.15) is 13.8 Å². The number of methoxy groups -OCH3 is 1. The van der Waals surface area contributed by atoms with Crippen molar-refractivity contribution >= 4 is 0 Å². The number of aliphatic hydroxyl groups excluding tert-OH is 1. The molecule has 4 atom stereocenters. The van der Waals surface area contributed by atoms with Crippen LogP contribution >= 0.6 is 0 Å². The average Bonchev–Trinajstić information content (AvgIpc) is 2.39. The standard InChI is InChI=1S/C9H16O5/c1-9(2)13-5-4-12-8(10)7(11-3)6(5)14-9/h5-8,10H,4H2,1-3H3/t5-,6-,7+,8?/m0/s1. The van der Waals surface area contributed by atoms with E-state index in [1.54, 1.807) is 0 Å². The van der Waals surface area contributed by atoms with Gasteiger partial charge in [-0.3, -0.25) is 0 Å². The molecule has 5 heteroatoms. The predicted octanol–water partition coefficient (Wildman–Crippen LogP) is -0.130. The first-order valence-electron chi connectivity index (χ1n) is 4.71. The smallest absolute Gasteiger partial charge is 0.183 e. The average molecular weight is 204 g/mol. The molecule has 0 amide bonds. The maximum Gasteiger partial charge on any atom is 0.183 e. The van der Waals surface area contributed by atoms with E-state index in [1.165, 1.54) is 7.11 Å². The lowest BCUT2D eigenvalue weighted by atomic mass is 10.1. The minimum Gasteiger partial charge on any atom is -0.373 e. The van der Waals surface area contributed by atoms with Gasteiger partial charge in [-0.1, -0.05) is 0 Å². The second-order valence-corrected chi connectivity index (χ2v) is 4.06. The van der Waals surface area contributed by atoms with Crippen LogP contribution in [-0.4, -0.2) is 49.2 Å². The van der Waals surface area contributed by atoms with Crippen molar-refractivity contribution in [3.63, 3.8) is 0 Å². The highest BCUT2D eigenvalue weighted by Gasteiger charge is 2.50. The maximum absolute atomic E-state index is 9.50. The van der Waals surface area contributed by atoms with E-state index in [0.717, 1.165) is 0 Å². The Morgan fingerprint density at radius 2 is 2.07 bits per heavy atom. The Morgan fingerprint density at radius 1 is 1.36 bits per heavy atom. The summed E-state index contributed by atoms with van der Waals surface area (Å²) in [6.45, 7) is 4.02. The third-order valence-corrected chi connectivity index (χ3v) is 2.53. The number of rotatable bonds is 1. The Bertz CT molecular complexity index is 217. The van der Waals surface area contributed by atoms with Crippen molar-refractivity contribution in [2.75, 3.05) is 13.7 Å². The van der Waals surface area contributed by atoms with Crippen molar-refractivity contribution in [3.05, 3.63) is 0 Å². The van der Waals surface area contributed by atoms with Gasteiger partial charge in [-0.25, -0.2) is 0 Å². The molecule has 2 saturated heterocycles. The summed E-state index contributed by atoms with van der Waals surface area (Å²) < 4.78 is 21.5. The van der Waals surface area contributed by atoms with E-state index in [1.807, 2.05) is 13.8 Å². The van der Waals surface area contributed by atoms with Gasteiger partial charge < -0.3 is 24.1 Å². The maximum atomic E-state index is 9.50. The Hall–Kier alpha value is -0.200. The van der Waals surface area contributed by atoms with Crippen LogP contribution in [0.4, 0.5) is 0 Å². The highest BCUT2D eigenvalue weighted by Crippen LogP contribution is 2.34. The van der Waals surface area contributed by atoms with Gasteiger partial charge in [0.15, 0.2) is 12.1 Å². The van der Waals surface area contributed by atoms with Gasteiger partial charge in [0, 0.05) is 7.11 Å². The molecule has 0 spiro atoms. The van der Waals surface area contributed by atoms with Crippen LogP contribution in [0.25, 0.3) is 0 Å². The van der Waals surface area contributed by atoms with Gasteiger partial charge >= 0.3 is 0 Å². The minimum atomic E-state index is -0.932. The van der Waals surface area contributed by atoms with Crippen molar-refractivity contribution < 1.29 is 24.1 Å². The molecule has 0 aromatic heterocycles. The molecule has 2 fully saturated rings. The predicted molar refractivity (Wildman–Crippen MR) is 46.6 cm³/mol. The molecule has 5 nitrogen and oxygen atoms in total. The first-order valence-corrected chi connectivity index (χ1v) is 4.71. The molecule has 0 aliphatic carbocycles. The lowest BCUT2D eigenvalue weighted by molar-refractivity contribution is -0.238. The molecule has 2 rings (SSSR count). The quantitative estimate of drug-likeness (QED) is 0.644. The zero-order valence-electron chi connectivity index (χ0n) is 8.60. The van der Waals surface area contributed by atoms with Gasteiger partial charge in [0.2, 0.25) is 0 Å². The van der Waals surface area contributed by atoms with Crippen molar-refractivity contribution in [1.82, 2.24) is 0 Å². The second-order valence-electron chi connectivity index (χ2n) is 4.06. The highest BCUT2D eigenvalue weighted by atomic mass is 16.8.